The fraction of sp³-hybridized carbons (Fsp3) is 0.500. The van der Waals surface area contributed by atoms with Crippen LogP contribution in [0.25, 0.3) is 0 Å². The third kappa shape index (κ3) is 3.80. The Balaban J connectivity index is 3.05. The van der Waals surface area contributed by atoms with Gasteiger partial charge >= 0.3 is 24.7 Å². The molecule has 0 amide bonds. The maximum Gasteiger partial charge on any atom is 0.404 e. The molecule has 0 bridgehead atoms. The lowest BCUT2D eigenvalue weighted by molar-refractivity contribution is -0.229. The second kappa shape index (κ2) is 7.58. The predicted octanol–water partition coefficient (Wildman–Crippen LogP) is 7.52. The molecule has 2 aliphatic carbocycles. The minimum Gasteiger partial charge on any atom is -0.170 e. The highest BCUT2D eigenvalue weighted by molar-refractivity contribution is 8.64. The molecule has 4 unspecified atom stereocenters. The van der Waals surface area contributed by atoms with Crippen molar-refractivity contribution in [3.63, 3.8) is 0 Å². The van der Waals surface area contributed by atoms with Crippen LogP contribution in [0.15, 0.2) is 48.6 Å². The minimum atomic E-state index is -6.13. The van der Waals surface area contributed by atoms with Gasteiger partial charge in [-0.1, -0.05) is 60.4 Å². The van der Waals surface area contributed by atoms with E-state index in [1.165, 1.54) is 0 Å². The van der Waals surface area contributed by atoms with Crippen molar-refractivity contribution < 1.29 is 52.7 Å². The van der Waals surface area contributed by atoms with Crippen molar-refractivity contribution in [1.82, 2.24) is 0 Å². The lowest BCUT2D eigenvalue weighted by Gasteiger charge is -2.55. The normalized spacial score (nSPS) is 34.1. The van der Waals surface area contributed by atoms with E-state index >= 15 is 0 Å². The second-order valence-electron chi connectivity index (χ2n) is 6.75. The molecule has 0 aromatic heterocycles. The molecule has 0 saturated heterocycles. The highest BCUT2D eigenvalue weighted by atomic mass is 32.9. The zero-order chi connectivity index (χ0) is 24.3. The molecule has 0 radical (unpaired) electrons. The third-order valence-corrected chi connectivity index (χ3v) is 12.3. The maximum atomic E-state index is 14.2. The Bertz CT molecular complexity index is 805. The molecule has 15 heteroatoms. The number of thiol groups is 1. The van der Waals surface area contributed by atoms with E-state index in [1.807, 2.05) is 0 Å². The van der Waals surface area contributed by atoms with Gasteiger partial charge in [-0.2, -0.15) is 52.7 Å². The largest absolute Gasteiger partial charge is 0.404 e. The molecule has 0 saturated carbocycles. The zero-order valence-corrected chi connectivity index (χ0v) is 17.2. The van der Waals surface area contributed by atoms with Crippen LogP contribution in [0.3, 0.4) is 0 Å². The maximum absolute atomic E-state index is 14.2. The molecular formula is C16H11F12PS2. The first kappa shape index (κ1) is 26.4. The van der Waals surface area contributed by atoms with Gasteiger partial charge < -0.3 is 0 Å². The van der Waals surface area contributed by atoms with Crippen molar-refractivity contribution in [3.8, 4) is 0 Å². The van der Waals surface area contributed by atoms with Crippen LogP contribution in [-0.2, 0) is 11.8 Å². The standard InChI is InChI=1S/C16H11F12PS2/c17-13(18,19)9-5-1-3-7-11(9,15(23,24)25)29(30,31)12(16(26,27)28)8-4-2-6-10(12)14(20,21)22/h1-10H,(H,30,31). The van der Waals surface area contributed by atoms with Crippen LogP contribution < -0.4 is 0 Å². The van der Waals surface area contributed by atoms with E-state index in [9.17, 15) is 52.7 Å². The fourth-order valence-electron chi connectivity index (χ4n) is 3.74. The molecule has 0 N–H and O–H groups in total. The number of halogens is 12. The Morgan fingerprint density at radius 2 is 0.903 bits per heavy atom. The smallest absolute Gasteiger partial charge is 0.170 e. The predicted molar refractivity (Wildman–Crippen MR) is 96.5 cm³/mol. The molecule has 0 aliphatic heterocycles. The van der Waals surface area contributed by atoms with Crippen LogP contribution in [0.5, 0.6) is 0 Å². The molecular weight excluding hydrogens is 515 g/mol. The van der Waals surface area contributed by atoms with Crippen LogP contribution in [0.1, 0.15) is 0 Å². The van der Waals surface area contributed by atoms with Gasteiger partial charge in [0, 0.05) is 5.24 Å². The van der Waals surface area contributed by atoms with Crippen LogP contribution in [-0.4, -0.2) is 35.0 Å². The summed E-state index contributed by atoms with van der Waals surface area (Å²) in [6.45, 7) is 0. The summed E-state index contributed by atoms with van der Waals surface area (Å²) < 4.78 is 167. The monoisotopic (exact) mass is 526 g/mol. The van der Waals surface area contributed by atoms with Gasteiger partial charge in [0.2, 0.25) is 0 Å². The summed E-state index contributed by atoms with van der Waals surface area (Å²) in [5.74, 6) is -7.36. The molecule has 31 heavy (non-hydrogen) atoms. The molecule has 0 heterocycles. The van der Waals surface area contributed by atoms with Crippen LogP contribution in [0.2, 0.25) is 0 Å². The fourth-order valence-corrected chi connectivity index (χ4v) is 10.3. The average Bonchev–Trinajstić information content (AvgIpc) is 2.57. The lowest BCUT2D eigenvalue weighted by atomic mass is 9.85. The van der Waals surface area contributed by atoms with Gasteiger partial charge in [-0.15, -0.1) is 12.2 Å². The van der Waals surface area contributed by atoms with E-state index < -0.39 is 52.1 Å². The van der Waals surface area contributed by atoms with Crippen molar-refractivity contribution in [3.05, 3.63) is 48.6 Å². The summed E-state index contributed by atoms with van der Waals surface area (Å²) >= 11 is 7.89. The van der Waals surface area contributed by atoms with E-state index in [2.05, 4.69) is 24.1 Å². The van der Waals surface area contributed by atoms with Crippen molar-refractivity contribution >= 4 is 29.3 Å². The van der Waals surface area contributed by atoms with Gasteiger partial charge in [-0.25, -0.2) is 0 Å². The molecule has 0 aromatic carbocycles. The van der Waals surface area contributed by atoms with E-state index in [4.69, 9.17) is 0 Å². The molecule has 2 aliphatic rings. The van der Waals surface area contributed by atoms with E-state index in [1.54, 1.807) is 0 Å². The molecule has 4 atom stereocenters. The van der Waals surface area contributed by atoms with E-state index in [0.29, 0.717) is 24.3 Å². The van der Waals surface area contributed by atoms with E-state index in [0.717, 1.165) is 0 Å². The number of allylic oxidation sites excluding steroid dienone is 8. The summed E-state index contributed by atoms with van der Waals surface area (Å²) in [5.41, 5.74) is 0. The number of hydrogen-bond donors (Lipinski definition) is 1. The quantitative estimate of drug-likeness (QED) is 0.221. The average molecular weight is 526 g/mol. The van der Waals surface area contributed by atoms with Gasteiger partial charge in [0.05, 0.1) is 11.8 Å². The first-order valence-electron chi connectivity index (χ1n) is 8.00. The molecule has 2 rings (SSSR count). The summed E-state index contributed by atoms with van der Waals surface area (Å²) in [6.07, 6.45) is -22.7. The molecule has 0 nitrogen and oxygen atoms in total. The van der Waals surface area contributed by atoms with Gasteiger partial charge in [0.1, 0.15) is 10.3 Å². The minimum absolute atomic E-state index is 0.0696. The SMILES string of the molecule is FC(F)(F)C1C=CC=CC1(C(F)(F)F)P(=S)(S)C1(C(F)(F)F)C=CC=CC1C(F)(F)F. The molecule has 0 aromatic rings. The first-order chi connectivity index (χ1) is 13.7. The zero-order valence-electron chi connectivity index (χ0n) is 14.6. The van der Waals surface area contributed by atoms with E-state index in [-0.39, 0.29) is 24.3 Å². The van der Waals surface area contributed by atoms with Gasteiger partial charge in [0.25, 0.3) is 0 Å². The van der Waals surface area contributed by atoms with Crippen molar-refractivity contribution in [2.75, 3.05) is 0 Å². The summed E-state index contributed by atoms with van der Waals surface area (Å²) in [5, 5.41) is -15.2. The Morgan fingerprint density at radius 1 is 0.613 bits per heavy atom. The second-order valence-corrected chi connectivity index (χ2v) is 13.6. The highest BCUT2D eigenvalue weighted by Gasteiger charge is 2.80. The number of alkyl halides is 12. The Labute approximate surface area is 177 Å². The topological polar surface area (TPSA) is 0 Å². The molecule has 0 fully saturated rings. The molecule has 0 spiro atoms. The lowest BCUT2D eigenvalue weighted by Crippen LogP contribution is -2.62. The Morgan fingerprint density at radius 3 is 1.13 bits per heavy atom. The van der Waals surface area contributed by atoms with Crippen LogP contribution in [0, 0.1) is 11.8 Å². The van der Waals surface area contributed by atoms with Crippen molar-refractivity contribution in [1.29, 1.82) is 0 Å². The van der Waals surface area contributed by atoms with Gasteiger partial charge in [-0.3, -0.25) is 0 Å². The highest BCUT2D eigenvalue weighted by Crippen LogP contribution is 2.84. The first-order valence-corrected chi connectivity index (χ1v) is 12.0. The Hall–Kier alpha value is -0.880. The van der Waals surface area contributed by atoms with Crippen molar-refractivity contribution in [2.45, 2.75) is 35.0 Å². The Kier molecular flexibility index (Phi) is 6.45. The summed E-state index contributed by atoms with van der Waals surface area (Å²) in [6, 6.07) is 0. The van der Waals surface area contributed by atoms with Crippen molar-refractivity contribution in [2.24, 2.45) is 11.8 Å². The number of hydrogen-bond acceptors (Lipinski definition) is 1. The van der Waals surface area contributed by atoms with Gasteiger partial charge in [0.15, 0.2) is 0 Å². The van der Waals surface area contributed by atoms with Crippen LogP contribution in [0.4, 0.5) is 52.7 Å². The third-order valence-electron chi connectivity index (χ3n) is 5.09. The number of rotatable bonds is 2. The van der Waals surface area contributed by atoms with Crippen LogP contribution >= 0.6 is 17.5 Å². The summed E-state index contributed by atoms with van der Waals surface area (Å²) in [4.78, 5) is 0. The van der Waals surface area contributed by atoms with Gasteiger partial charge in [-0.05, 0) is 0 Å². The molecule has 176 valence electrons. The summed E-state index contributed by atoms with van der Waals surface area (Å²) in [7, 11) is 0.